The van der Waals surface area contributed by atoms with Crippen molar-refractivity contribution in [3.63, 3.8) is 0 Å². The number of rotatable bonds is 5. The zero-order chi connectivity index (χ0) is 21.7. The van der Waals surface area contributed by atoms with Gasteiger partial charge in [0, 0.05) is 6.04 Å². The molecule has 2 aliphatic carbocycles. The number of hydrogen-bond donors (Lipinski definition) is 3. The molecule has 30 heavy (non-hydrogen) atoms. The van der Waals surface area contributed by atoms with Gasteiger partial charge < -0.3 is 15.4 Å². The number of nitrogens with one attached hydrogen (secondary N) is 3. The highest BCUT2D eigenvalue weighted by atomic mass is 16.5. The predicted molar refractivity (Wildman–Crippen MR) is 105 cm³/mol. The van der Waals surface area contributed by atoms with E-state index in [0.29, 0.717) is 6.42 Å². The molecular formula is C20H30N4O6. The molecule has 3 rings (SSSR count). The van der Waals surface area contributed by atoms with Gasteiger partial charge in [-0.2, -0.15) is 0 Å². The molecular weight excluding hydrogens is 392 g/mol. The van der Waals surface area contributed by atoms with Crippen molar-refractivity contribution < 1.29 is 28.7 Å². The van der Waals surface area contributed by atoms with Gasteiger partial charge in [-0.15, -0.1) is 0 Å². The number of amides is 6. The van der Waals surface area contributed by atoms with Crippen LogP contribution in [0.15, 0.2) is 0 Å². The summed E-state index contributed by atoms with van der Waals surface area (Å²) in [6.07, 6.45) is 8.18. The number of ether oxygens (including phenoxy) is 1. The summed E-state index contributed by atoms with van der Waals surface area (Å²) in [6.45, 7) is 0.685. The second-order valence-electron chi connectivity index (χ2n) is 8.46. The number of imide groups is 2. The third-order valence-electron chi connectivity index (χ3n) is 6.35. The lowest BCUT2D eigenvalue weighted by Crippen LogP contribution is -2.54. The minimum Gasteiger partial charge on any atom is -0.454 e. The summed E-state index contributed by atoms with van der Waals surface area (Å²) in [5, 5.41) is 7.60. The van der Waals surface area contributed by atoms with Gasteiger partial charge in [0.1, 0.15) is 12.1 Å². The van der Waals surface area contributed by atoms with E-state index in [9.17, 15) is 24.0 Å². The van der Waals surface area contributed by atoms with Crippen LogP contribution < -0.4 is 16.0 Å². The molecule has 10 heteroatoms. The Morgan fingerprint density at radius 1 is 1.10 bits per heavy atom. The largest absolute Gasteiger partial charge is 0.454 e. The first kappa shape index (κ1) is 22.0. The lowest BCUT2D eigenvalue weighted by Gasteiger charge is -2.36. The Bertz CT molecular complexity index is 720. The van der Waals surface area contributed by atoms with Crippen LogP contribution in [0.25, 0.3) is 0 Å². The lowest BCUT2D eigenvalue weighted by molar-refractivity contribution is -0.151. The highest BCUT2D eigenvalue weighted by Crippen LogP contribution is 2.38. The van der Waals surface area contributed by atoms with Crippen molar-refractivity contribution in [3.05, 3.63) is 0 Å². The molecule has 6 amide bonds. The van der Waals surface area contributed by atoms with Gasteiger partial charge in [0.05, 0.1) is 0 Å². The molecule has 2 saturated carbocycles. The maximum Gasteiger partial charge on any atom is 0.326 e. The molecule has 0 radical (unpaired) electrons. The third kappa shape index (κ3) is 4.91. The van der Waals surface area contributed by atoms with E-state index in [1.165, 1.54) is 0 Å². The van der Waals surface area contributed by atoms with Crippen molar-refractivity contribution in [2.75, 3.05) is 13.2 Å². The minimum atomic E-state index is -0.954. The minimum absolute atomic E-state index is 0.0165. The van der Waals surface area contributed by atoms with E-state index in [1.807, 2.05) is 6.92 Å². The van der Waals surface area contributed by atoms with Crippen molar-refractivity contribution in [3.8, 4) is 0 Å². The van der Waals surface area contributed by atoms with Crippen LogP contribution in [0.3, 0.4) is 0 Å². The first-order chi connectivity index (χ1) is 14.3. The topological polar surface area (TPSA) is 134 Å². The van der Waals surface area contributed by atoms with Crippen molar-refractivity contribution in [1.29, 1.82) is 0 Å². The zero-order valence-electron chi connectivity index (χ0n) is 17.3. The van der Waals surface area contributed by atoms with Crippen LogP contribution in [-0.4, -0.2) is 59.5 Å². The van der Waals surface area contributed by atoms with Gasteiger partial charge in [-0.1, -0.05) is 39.0 Å². The summed E-state index contributed by atoms with van der Waals surface area (Å²) in [5.74, 6) is -2.10. The van der Waals surface area contributed by atoms with Gasteiger partial charge in [0.2, 0.25) is 0 Å². The maximum atomic E-state index is 12.8. The first-order valence-corrected chi connectivity index (χ1v) is 10.7. The van der Waals surface area contributed by atoms with Crippen LogP contribution in [0.2, 0.25) is 0 Å². The summed E-state index contributed by atoms with van der Waals surface area (Å²) in [4.78, 5) is 61.7. The highest BCUT2D eigenvalue weighted by molar-refractivity contribution is 6.09. The van der Waals surface area contributed by atoms with E-state index in [0.717, 1.165) is 56.3 Å². The summed E-state index contributed by atoms with van der Waals surface area (Å²) in [6, 6.07) is -1.20. The van der Waals surface area contributed by atoms with Crippen LogP contribution in [0, 0.1) is 5.92 Å². The Balaban J connectivity index is 1.42. The van der Waals surface area contributed by atoms with Gasteiger partial charge in [0.25, 0.3) is 11.8 Å². The molecule has 0 aromatic carbocycles. The quantitative estimate of drug-likeness (QED) is 0.450. The summed E-state index contributed by atoms with van der Waals surface area (Å²) in [7, 11) is 0. The monoisotopic (exact) mass is 422 g/mol. The predicted octanol–water partition coefficient (Wildman–Crippen LogP) is 1.19. The van der Waals surface area contributed by atoms with Gasteiger partial charge in [0.15, 0.2) is 6.61 Å². The van der Waals surface area contributed by atoms with Crippen LogP contribution >= 0.6 is 0 Å². The fourth-order valence-electron chi connectivity index (χ4n) is 4.59. The summed E-state index contributed by atoms with van der Waals surface area (Å²) < 4.78 is 4.85. The molecule has 166 valence electrons. The van der Waals surface area contributed by atoms with Gasteiger partial charge in [-0.05, 0) is 31.6 Å². The average molecular weight is 422 g/mol. The molecule has 0 aromatic rings. The molecule has 10 nitrogen and oxygen atoms in total. The van der Waals surface area contributed by atoms with Gasteiger partial charge in [-0.25, -0.2) is 9.59 Å². The Morgan fingerprint density at radius 3 is 2.50 bits per heavy atom. The molecule has 1 saturated heterocycles. The number of urea groups is 2. The maximum absolute atomic E-state index is 12.8. The number of carbonyl (C=O) groups excluding carboxylic acids is 5. The van der Waals surface area contributed by atoms with Crippen LogP contribution in [0.5, 0.6) is 0 Å². The van der Waals surface area contributed by atoms with E-state index < -0.39 is 48.5 Å². The van der Waals surface area contributed by atoms with Crippen molar-refractivity contribution in [2.24, 2.45) is 5.92 Å². The molecule has 3 N–H and O–H groups in total. The van der Waals surface area contributed by atoms with E-state index in [2.05, 4.69) is 16.0 Å². The van der Waals surface area contributed by atoms with E-state index in [4.69, 9.17) is 4.74 Å². The Hall–Kier alpha value is -2.65. The number of carbonyl (C=O) groups is 5. The molecule has 0 bridgehead atoms. The second kappa shape index (κ2) is 9.44. The SMILES string of the molecule is C[C@@H]1CCCC[C@]12NC(=O)N(CC(=O)OCC(=O)NC(=O)NC1CCCCC1)C2=O. The number of esters is 1. The van der Waals surface area contributed by atoms with Gasteiger partial charge >= 0.3 is 18.0 Å². The van der Waals surface area contributed by atoms with Crippen molar-refractivity contribution in [2.45, 2.75) is 76.3 Å². The zero-order valence-corrected chi connectivity index (χ0v) is 17.3. The Morgan fingerprint density at radius 2 is 1.80 bits per heavy atom. The Kier molecular flexibility index (Phi) is 6.94. The van der Waals surface area contributed by atoms with E-state index >= 15 is 0 Å². The van der Waals surface area contributed by atoms with Crippen molar-refractivity contribution in [1.82, 2.24) is 20.9 Å². The second-order valence-corrected chi connectivity index (χ2v) is 8.46. The molecule has 0 aromatic heterocycles. The van der Waals surface area contributed by atoms with Gasteiger partial charge in [-0.3, -0.25) is 24.6 Å². The average Bonchev–Trinajstić information content (AvgIpc) is 2.94. The van der Waals surface area contributed by atoms with Crippen LogP contribution in [0.1, 0.15) is 64.7 Å². The first-order valence-electron chi connectivity index (χ1n) is 10.7. The summed E-state index contributed by atoms with van der Waals surface area (Å²) >= 11 is 0. The Labute approximate surface area is 175 Å². The number of hydrogen-bond acceptors (Lipinski definition) is 6. The fourth-order valence-corrected chi connectivity index (χ4v) is 4.59. The normalized spacial score (nSPS) is 27.0. The van der Waals surface area contributed by atoms with Crippen molar-refractivity contribution >= 4 is 29.8 Å². The molecule has 0 unspecified atom stereocenters. The highest BCUT2D eigenvalue weighted by Gasteiger charge is 2.55. The molecule has 1 aliphatic heterocycles. The number of nitrogens with zero attached hydrogens (tertiary/aromatic N) is 1. The standard InChI is InChI=1S/C20H30N4O6/c1-13-7-5-6-10-20(13)17(27)24(19(29)23-20)11-16(26)30-12-15(25)22-18(28)21-14-8-3-2-4-9-14/h13-14H,2-12H2,1H3,(H,23,29)(H2,21,22,25,28)/t13-,20+/m1/s1. The van der Waals surface area contributed by atoms with Crippen LogP contribution in [0.4, 0.5) is 9.59 Å². The fraction of sp³-hybridized carbons (Fsp3) is 0.750. The molecule has 3 fully saturated rings. The molecule has 1 heterocycles. The summed E-state index contributed by atoms with van der Waals surface area (Å²) in [5.41, 5.74) is -0.954. The molecule has 3 aliphatic rings. The van der Waals surface area contributed by atoms with E-state index in [-0.39, 0.29) is 12.0 Å². The molecule has 2 atom stereocenters. The molecule has 1 spiro atoms. The van der Waals surface area contributed by atoms with E-state index in [1.54, 1.807) is 0 Å². The lowest BCUT2D eigenvalue weighted by atomic mass is 9.73. The third-order valence-corrected chi connectivity index (χ3v) is 6.35. The smallest absolute Gasteiger partial charge is 0.326 e. The van der Waals surface area contributed by atoms with Crippen LogP contribution in [-0.2, 0) is 19.1 Å².